The van der Waals surface area contributed by atoms with Gasteiger partial charge in [-0.05, 0) is 31.5 Å². The third kappa shape index (κ3) is 7.88. The summed E-state index contributed by atoms with van der Waals surface area (Å²) in [4.78, 5) is 2.12. The Balaban J connectivity index is 3.55. The second-order valence-electron chi connectivity index (χ2n) is 4.18. The fourth-order valence-electron chi connectivity index (χ4n) is 1.33. The Labute approximate surface area is 106 Å². The van der Waals surface area contributed by atoms with Crippen molar-refractivity contribution in [3.8, 4) is 0 Å². The molecule has 0 heterocycles. The molecule has 0 saturated heterocycles. The average Bonchev–Trinajstić information content (AvgIpc) is 2.28. The van der Waals surface area contributed by atoms with Crippen LogP contribution >= 0.6 is 12.2 Å². The normalized spacial score (nSPS) is 12.2. The third-order valence-electron chi connectivity index (χ3n) is 2.57. The van der Waals surface area contributed by atoms with E-state index in [1.54, 1.807) is 0 Å². The number of hydrogen-bond donors (Lipinski definition) is 1. The molecule has 0 amide bonds. The van der Waals surface area contributed by atoms with Crippen LogP contribution in [-0.4, -0.2) is 43.4 Å². The van der Waals surface area contributed by atoms with Crippen molar-refractivity contribution < 1.29 is 4.74 Å². The molecule has 0 aromatic carbocycles. The zero-order chi connectivity index (χ0) is 12.4. The lowest BCUT2D eigenvalue weighted by atomic mass is 10.1. The van der Waals surface area contributed by atoms with Gasteiger partial charge in [-0.3, -0.25) is 0 Å². The van der Waals surface area contributed by atoms with Gasteiger partial charge in [-0.15, -0.1) is 0 Å². The van der Waals surface area contributed by atoms with Crippen LogP contribution in [0.3, 0.4) is 0 Å². The molecule has 96 valence electrons. The van der Waals surface area contributed by atoms with Gasteiger partial charge in [0.05, 0.1) is 0 Å². The van der Waals surface area contributed by atoms with Gasteiger partial charge >= 0.3 is 0 Å². The van der Waals surface area contributed by atoms with E-state index in [9.17, 15) is 0 Å². The summed E-state index contributed by atoms with van der Waals surface area (Å²) in [6.45, 7) is 9.97. The minimum atomic E-state index is 0.688. The number of hydrogen-bond acceptors (Lipinski definition) is 2. The van der Waals surface area contributed by atoms with E-state index in [1.165, 1.54) is 6.42 Å². The summed E-state index contributed by atoms with van der Waals surface area (Å²) >= 11 is 5.29. The van der Waals surface area contributed by atoms with E-state index in [1.807, 2.05) is 14.0 Å². The molecule has 1 atom stereocenters. The Morgan fingerprint density at radius 1 is 1.44 bits per heavy atom. The molecule has 0 aliphatic carbocycles. The minimum absolute atomic E-state index is 0.688. The molecular formula is C12H26N2OS. The quantitative estimate of drug-likeness (QED) is 0.524. The van der Waals surface area contributed by atoms with Gasteiger partial charge in [0.25, 0.3) is 0 Å². The molecule has 0 bridgehead atoms. The smallest absolute Gasteiger partial charge is 0.168 e. The van der Waals surface area contributed by atoms with E-state index in [0.29, 0.717) is 5.92 Å². The summed E-state index contributed by atoms with van der Waals surface area (Å²) in [7, 11) is 2.05. The van der Waals surface area contributed by atoms with Gasteiger partial charge in [-0.1, -0.05) is 20.3 Å². The first-order valence-corrected chi connectivity index (χ1v) is 6.59. The molecule has 1 N–H and O–H groups in total. The highest BCUT2D eigenvalue weighted by atomic mass is 32.1. The van der Waals surface area contributed by atoms with Crippen molar-refractivity contribution >= 4 is 17.3 Å². The van der Waals surface area contributed by atoms with E-state index in [4.69, 9.17) is 17.0 Å². The Bertz CT molecular complexity index is 188. The highest BCUT2D eigenvalue weighted by molar-refractivity contribution is 7.80. The maximum absolute atomic E-state index is 5.29. The SMILES string of the molecule is CCOCCCNC(=S)N(C)CC(C)CC. The molecule has 3 nitrogen and oxygen atoms in total. The van der Waals surface area contributed by atoms with Crippen LogP contribution in [-0.2, 0) is 4.74 Å². The number of rotatable bonds is 8. The zero-order valence-corrected chi connectivity index (χ0v) is 11.9. The first kappa shape index (κ1) is 15.7. The van der Waals surface area contributed by atoms with Crippen molar-refractivity contribution in [2.45, 2.75) is 33.6 Å². The molecule has 16 heavy (non-hydrogen) atoms. The highest BCUT2D eigenvalue weighted by Crippen LogP contribution is 2.02. The van der Waals surface area contributed by atoms with Gasteiger partial charge in [0.2, 0.25) is 0 Å². The molecule has 0 spiro atoms. The Morgan fingerprint density at radius 2 is 2.12 bits per heavy atom. The van der Waals surface area contributed by atoms with Gasteiger partial charge in [-0.25, -0.2) is 0 Å². The van der Waals surface area contributed by atoms with Crippen molar-refractivity contribution in [3.05, 3.63) is 0 Å². The van der Waals surface area contributed by atoms with Crippen LogP contribution in [0.4, 0.5) is 0 Å². The second kappa shape index (κ2) is 9.85. The van der Waals surface area contributed by atoms with Gasteiger partial charge in [0.15, 0.2) is 5.11 Å². The van der Waals surface area contributed by atoms with Crippen LogP contribution in [0.1, 0.15) is 33.6 Å². The maximum Gasteiger partial charge on any atom is 0.168 e. The van der Waals surface area contributed by atoms with E-state index >= 15 is 0 Å². The number of nitrogens with one attached hydrogen (secondary N) is 1. The monoisotopic (exact) mass is 246 g/mol. The van der Waals surface area contributed by atoms with Gasteiger partial charge in [0, 0.05) is 33.4 Å². The molecule has 0 radical (unpaired) electrons. The molecule has 4 heteroatoms. The zero-order valence-electron chi connectivity index (χ0n) is 11.1. The summed E-state index contributed by atoms with van der Waals surface area (Å²) in [5.74, 6) is 0.688. The third-order valence-corrected chi connectivity index (χ3v) is 3.03. The first-order chi connectivity index (χ1) is 7.61. The average molecular weight is 246 g/mol. The van der Waals surface area contributed by atoms with Crippen molar-refractivity contribution in [3.63, 3.8) is 0 Å². The number of nitrogens with zero attached hydrogens (tertiary/aromatic N) is 1. The molecule has 0 aromatic heterocycles. The predicted molar refractivity (Wildman–Crippen MR) is 73.8 cm³/mol. The predicted octanol–water partition coefficient (Wildman–Crippen LogP) is 2.27. The molecule has 0 saturated carbocycles. The molecular weight excluding hydrogens is 220 g/mol. The lowest BCUT2D eigenvalue weighted by molar-refractivity contribution is 0.145. The summed E-state index contributed by atoms with van der Waals surface area (Å²) in [5, 5.41) is 4.09. The van der Waals surface area contributed by atoms with Crippen LogP contribution in [0.15, 0.2) is 0 Å². The minimum Gasteiger partial charge on any atom is -0.382 e. The molecule has 0 aromatic rings. The Kier molecular flexibility index (Phi) is 9.63. The van der Waals surface area contributed by atoms with Crippen molar-refractivity contribution in [1.82, 2.24) is 10.2 Å². The fourth-order valence-corrected chi connectivity index (χ4v) is 1.50. The molecule has 0 aliphatic rings. The largest absolute Gasteiger partial charge is 0.382 e. The van der Waals surface area contributed by atoms with Crippen LogP contribution in [0.25, 0.3) is 0 Å². The molecule has 0 fully saturated rings. The standard InChI is InChI=1S/C12H26N2OS/c1-5-11(3)10-14(4)12(16)13-8-7-9-15-6-2/h11H,5-10H2,1-4H3,(H,13,16). The lowest BCUT2D eigenvalue weighted by Crippen LogP contribution is -2.39. The van der Waals surface area contributed by atoms with Crippen LogP contribution in [0.2, 0.25) is 0 Å². The molecule has 0 rings (SSSR count). The molecule has 0 aliphatic heterocycles. The molecule has 1 unspecified atom stereocenters. The van der Waals surface area contributed by atoms with Crippen LogP contribution in [0.5, 0.6) is 0 Å². The Hall–Kier alpha value is -0.350. The van der Waals surface area contributed by atoms with Gasteiger partial charge < -0.3 is 15.0 Å². The van der Waals surface area contributed by atoms with Crippen molar-refractivity contribution in [2.75, 3.05) is 33.4 Å². The Morgan fingerprint density at radius 3 is 2.69 bits per heavy atom. The van der Waals surface area contributed by atoms with Gasteiger partial charge in [-0.2, -0.15) is 0 Å². The topological polar surface area (TPSA) is 24.5 Å². The van der Waals surface area contributed by atoms with Crippen molar-refractivity contribution in [1.29, 1.82) is 0 Å². The summed E-state index contributed by atoms with van der Waals surface area (Å²) in [6.07, 6.45) is 2.20. The first-order valence-electron chi connectivity index (χ1n) is 6.18. The van der Waals surface area contributed by atoms with E-state index in [-0.39, 0.29) is 0 Å². The van der Waals surface area contributed by atoms with E-state index < -0.39 is 0 Å². The second-order valence-corrected chi connectivity index (χ2v) is 4.56. The lowest BCUT2D eigenvalue weighted by Gasteiger charge is -2.23. The summed E-state index contributed by atoms with van der Waals surface area (Å²) in [6, 6.07) is 0. The van der Waals surface area contributed by atoms with Crippen LogP contribution in [0, 0.1) is 5.92 Å². The number of ether oxygens (including phenoxy) is 1. The summed E-state index contributed by atoms with van der Waals surface area (Å²) < 4.78 is 5.26. The highest BCUT2D eigenvalue weighted by Gasteiger charge is 2.07. The summed E-state index contributed by atoms with van der Waals surface area (Å²) in [5.41, 5.74) is 0. The van der Waals surface area contributed by atoms with Crippen molar-refractivity contribution in [2.24, 2.45) is 5.92 Å². The van der Waals surface area contributed by atoms with E-state index in [0.717, 1.165) is 37.8 Å². The van der Waals surface area contributed by atoms with Crippen LogP contribution < -0.4 is 5.32 Å². The van der Waals surface area contributed by atoms with E-state index in [2.05, 4.69) is 24.1 Å². The van der Waals surface area contributed by atoms with Gasteiger partial charge in [0.1, 0.15) is 0 Å². The fraction of sp³-hybridized carbons (Fsp3) is 0.917. The maximum atomic E-state index is 5.29. The number of thiocarbonyl (C=S) groups is 1.